The smallest absolute Gasteiger partial charge is 0.228 e. The van der Waals surface area contributed by atoms with Crippen LogP contribution in [0.25, 0.3) is 0 Å². The molecule has 1 aromatic rings. The molecule has 1 aliphatic rings. The summed E-state index contributed by atoms with van der Waals surface area (Å²) in [5.74, 6) is 0.455. The Morgan fingerprint density at radius 2 is 2.05 bits per heavy atom. The third kappa shape index (κ3) is 3.16. The number of carbonyl (C=O) groups excluding carboxylic acids is 1. The Labute approximate surface area is 135 Å². The number of nitrogens with one attached hydrogen (secondary N) is 1. The number of rotatable bonds is 2. The van der Waals surface area contributed by atoms with Crippen LogP contribution >= 0.6 is 15.9 Å². The molecule has 0 aromatic heterocycles. The molecule has 116 valence electrons. The van der Waals surface area contributed by atoms with E-state index in [1.807, 2.05) is 25.1 Å². The Morgan fingerprint density at radius 1 is 1.38 bits per heavy atom. The minimum atomic E-state index is -0.0817. The molecule has 0 spiro atoms. The SMILES string of the molecule is Cc1c(Br)cccc1NC(=O)C1CCC(N)C(C)C1(C)C. The number of carbonyl (C=O) groups is 1. The van der Waals surface area contributed by atoms with Crippen molar-refractivity contribution in [3.8, 4) is 0 Å². The lowest BCUT2D eigenvalue weighted by Gasteiger charge is -2.46. The standard InChI is InChI=1S/C17H25BrN2O/c1-10-13(18)6-5-7-15(10)20-16(21)12-8-9-14(19)11(2)17(12,3)4/h5-7,11-12,14H,8-9,19H2,1-4H3,(H,20,21). The molecule has 0 heterocycles. The van der Waals surface area contributed by atoms with E-state index in [4.69, 9.17) is 5.73 Å². The van der Waals surface area contributed by atoms with Crippen molar-refractivity contribution in [2.75, 3.05) is 5.32 Å². The second-order valence-corrected chi connectivity index (χ2v) is 7.66. The van der Waals surface area contributed by atoms with Crippen LogP contribution in [-0.4, -0.2) is 11.9 Å². The summed E-state index contributed by atoms with van der Waals surface area (Å²) in [5.41, 5.74) is 8.03. The predicted molar refractivity (Wildman–Crippen MR) is 91.2 cm³/mol. The maximum atomic E-state index is 12.7. The molecule has 1 aliphatic carbocycles. The lowest BCUT2D eigenvalue weighted by atomic mass is 9.61. The fraction of sp³-hybridized carbons (Fsp3) is 0.588. The first-order valence-corrected chi connectivity index (χ1v) is 8.36. The highest BCUT2D eigenvalue weighted by Crippen LogP contribution is 2.44. The first-order valence-electron chi connectivity index (χ1n) is 7.56. The maximum Gasteiger partial charge on any atom is 0.228 e. The van der Waals surface area contributed by atoms with E-state index in [0.29, 0.717) is 5.92 Å². The molecule has 0 radical (unpaired) electrons. The summed E-state index contributed by atoms with van der Waals surface area (Å²) in [7, 11) is 0. The number of benzene rings is 1. The lowest BCUT2D eigenvalue weighted by Crippen LogP contribution is -2.50. The van der Waals surface area contributed by atoms with Crippen LogP contribution in [0.15, 0.2) is 22.7 Å². The summed E-state index contributed by atoms with van der Waals surface area (Å²) >= 11 is 3.50. The van der Waals surface area contributed by atoms with Gasteiger partial charge in [0.2, 0.25) is 5.91 Å². The van der Waals surface area contributed by atoms with E-state index in [-0.39, 0.29) is 23.3 Å². The fourth-order valence-electron chi connectivity index (χ4n) is 3.28. The van der Waals surface area contributed by atoms with Crippen LogP contribution in [0.1, 0.15) is 39.2 Å². The highest BCUT2D eigenvalue weighted by atomic mass is 79.9. The van der Waals surface area contributed by atoms with Gasteiger partial charge in [-0.15, -0.1) is 0 Å². The zero-order valence-electron chi connectivity index (χ0n) is 13.2. The van der Waals surface area contributed by atoms with Crippen LogP contribution in [-0.2, 0) is 4.79 Å². The molecule has 21 heavy (non-hydrogen) atoms. The van der Waals surface area contributed by atoms with Gasteiger partial charge in [-0.25, -0.2) is 0 Å². The van der Waals surface area contributed by atoms with Crippen molar-refractivity contribution in [1.82, 2.24) is 0 Å². The first kappa shape index (κ1) is 16.5. The molecule has 3 unspecified atom stereocenters. The minimum absolute atomic E-state index is 0.00526. The summed E-state index contributed by atoms with van der Waals surface area (Å²) in [4.78, 5) is 12.7. The van der Waals surface area contributed by atoms with Crippen LogP contribution in [0.3, 0.4) is 0 Å². The zero-order chi connectivity index (χ0) is 15.8. The minimum Gasteiger partial charge on any atom is -0.327 e. The van der Waals surface area contributed by atoms with Gasteiger partial charge in [0.05, 0.1) is 0 Å². The molecule has 0 bridgehead atoms. The molecule has 0 saturated heterocycles. The van der Waals surface area contributed by atoms with Crippen molar-refractivity contribution in [3.63, 3.8) is 0 Å². The second-order valence-electron chi connectivity index (χ2n) is 6.81. The lowest BCUT2D eigenvalue weighted by molar-refractivity contribution is -0.127. The Kier molecular flexibility index (Phi) is 4.79. The summed E-state index contributed by atoms with van der Waals surface area (Å²) in [6.45, 7) is 8.49. The van der Waals surface area contributed by atoms with Crippen LogP contribution in [0.5, 0.6) is 0 Å². The quantitative estimate of drug-likeness (QED) is 0.841. The number of nitrogens with two attached hydrogens (primary N) is 1. The summed E-state index contributed by atoms with van der Waals surface area (Å²) in [6.07, 6.45) is 1.78. The van der Waals surface area contributed by atoms with E-state index >= 15 is 0 Å². The molecule has 1 fully saturated rings. The van der Waals surface area contributed by atoms with Crippen molar-refractivity contribution in [1.29, 1.82) is 0 Å². The van der Waals surface area contributed by atoms with Crippen LogP contribution in [0.2, 0.25) is 0 Å². The van der Waals surface area contributed by atoms with Crippen LogP contribution in [0.4, 0.5) is 5.69 Å². The van der Waals surface area contributed by atoms with Crippen molar-refractivity contribution in [3.05, 3.63) is 28.2 Å². The predicted octanol–water partition coefficient (Wildman–Crippen LogP) is 4.10. The molecule has 1 amide bonds. The molecule has 3 N–H and O–H groups in total. The largest absolute Gasteiger partial charge is 0.327 e. The Bertz CT molecular complexity index is 542. The molecule has 1 saturated carbocycles. The van der Waals surface area contributed by atoms with E-state index in [2.05, 4.69) is 42.0 Å². The van der Waals surface area contributed by atoms with Crippen molar-refractivity contribution in [2.45, 2.75) is 46.6 Å². The van der Waals surface area contributed by atoms with Crippen molar-refractivity contribution in [2.24, 2.45) is 23.0 Å². The van der Waals surface area contributed by atoms with Gasteiger partial charge < -0.3 is 11.1 Å². The molecule has 3 nitrogen and oxygen atoms in total. The highest BCUT2D eigenvalue weighted by Gasteiger charge is 2.45. The van der Waals surface area contributed by atoms with Crippen molar-refractivity contribution >= 4 is 27.5 Å². The molecule has 3 atom stereocenters. The fourth-order valence-corrected chi connectivity index (χ4v) is 3.65. The van der Waals surface area contributed by atoms with Crippen LogP contribution in [0, 0.1) is 24.2 Å². The van der Waals surface area contributed by atoms with Crippen molar-refractivity contribution < 1.29 is 4.79 Å². The number of halogens is 1. The normalized spacial score (nSPS) is 28.2. The summed E-state index contributed by atoms with van der Waals surface area (Å²) < 4.78 is 1.01. The number of anilines is 1. The maximum absolute atomic E-state index is 12.7. The topological polar surface area (TPSA) is 55.1 Å². The Hall–Kier alpha value is -0.870. The average Bonchev–Trinajstić information content (AvgIpc) is 2.41. The third-order valence-electron chi connectivity index (χ3n) is 5.34. The highest BCUT2D eigenvalue weighted by molar-refractivity contribution is 9.10. The van der Waals surface area contributed by atoms with Gasteiger partial charge in [-0.3, -0.25) is 4.79 Å². The van der Waals surface area contributed by atoms with Gasteiger partial charge in [0.25, 0.3) is 0 Å². The van der Waals surface area contributed by atoms with E-state index < -0.39 is 0 Å². The molecule has 2 rings (SSSR count). The molecule has 4 heteroatoms. The van der Waals surface area contributed by atoms with Gasteiger partial charge in [0.1, 0.15) is 0 Å². The van der Waals surface area contributed by atoms with Gasteiger partial charge in [0.15, 0.2) is 0 Å². The van der Waals surface area contributed by atoms with Gasteiger partial charge in [0, 0.05) is 22.1 Å². The zero-order valence-corrected chi connectivity index (χ0v) is 14.8. The first-order chi connectivity index (χ1) is 9.75. The van der Waals surface area contributed by atoms with E-state index in [0.717, 1.165) is 28.6 Å². The Morgan fingerprint density at radius 3 is 2.71 bits per heavy atom. The third-order valence-corrected chi connectivity index (χ3v) is 6.20. The molecule has 1 aromatic carbocycles. The number of amides is 1. The van der Waals surface area contributed by atoms with Gasteiger partial charge in [-0.1, -0.05) is 42.8 Å². The number of hydrogen-bond donors (Lipinski definition) is 2. The monoisotopic (exact) mass is 352 g/mol. The summed E-state index contributed by atoms with van der Waals surface area (Å²) in [5, 5.41) is 3.10. The molecule has 0 aliphatic heterocycles. The second kappa shape index (κ2) is 6.09. The number of hydrogen-bond acceptors (Lipinski definition) is 2. The van der Waals surface area contributed by atoms with Gasteiger partial charge in [-0.05, 0) is 48.8 Å². The van der Waals surface area contributed by atoms with Gasteiger partial charge >= 0.3 is 0 Å². The van der Waals surface area contributed by atoms with E-state index in [1.165, 1.54) is 0 Å². The van der Waals surface area contributed by atoms with E-state index in [1.54, 1.807) is 0 Å². The molecular weight excluding hydrogens is 328 g/mol. The van der Waals surface area contributed by atoms with E-state index in [9.17, 15) is 4.79 Å². The average molecular weight is 353 g/mol. The van der Waals surface area contributed by atoms with Gasteiger partial charge in [-0.2, -0.15) is 0 Å². The molecular formula is C17H25BrN2O. The Balaban J connectivity index is 2.18. The summed E-state index contributed by atoms with van der Waals surface area (Å²) in [6, 6.07) is 6.06. The van der Waals surface area contributed by atoms with Crippen LogP contribution < -0.4 is 11.1 Å².